The fraction of sp³-hybridized carbons (Fsp3) is 0.250. The molecule has 184 valence electrons. The number of methoxy groups -OCH3 is 2. The first kappa shape index (κ1) is 25.9. The molecule has 0 aliphatic heterocycles. The Morgan fingerprint density at radius 2 is 2.00 bits per heavy atom. The summed E-state index contributed by atoms with van der Waals surface area (Å²) in [5.74, 6) is -0.312. The molecule has 0 saturated heterocycles. The van der Waals surface area contributed by atoms with Crippen molar-refractivity contribution in [2.24, 2.45) is 0 Å². The van der Waals surface area contributed by atoms with E-state index in [4.69, 9.17) is 16.3 Å². The van der Waals surface area contributed by atoms with Crippen LogP contribution in [0.3, 0.4) is 0 Å². The van der Waals surface area contributed by atoms with Crippen LogP contribution in [0.25, 0.3) is 10.9 Å². The predicted molar refractivity (Wildman–Crippen MR) is 133 cm³/mol. The molecule has 1 heterocycles. The molecular weight excluding hydrogens is 477 g/mol. The zero-order chi connectivity index (χ0) is 25.4. The first-order chi connectivity index (χ1) is 16.8. The molecule has 2 aromatic carbocycles. The lowest BCUT2D eigenvalue weighted by molar-refractivity contribution is -0.140. The fourth-order valence-electron chi connectivity index (χ4n) is 3.15. The van der Waals surface area contributed by atoms with Gasteiger partial charge in [0.2, 0.25) is 5.91 Å². The third-order valence-corrected chi connectivity index (χ3v) is 5.30. The maximum Gasteiger partial charge on any atom is 0.306 e. The van der Waals surface area contributed by atoms with Gasteiger partial charge < -0.3 is 25.0 Å². The van der Waals surface area contributed by atoms with Crippen molar-refractivity contribution in [3.8, 4) is 5.75 Å². The summed E-state index contributed by atoms with van der Waals surface area (Å²) >= 11 is 5.88. The number of ether oxygens (including phenoxy) is 2. The number of halogens is 2. The maximum atomic E-state index is 13.5. The van der Waals surface area contributed by atoms with Gasteiger partial charge in [-0.05, 0) is 31.3 Å². The smallest absolute Gasteiger partial charge is 0.306 e. The number of rotatable bonds is 10. The maximum absolute atomic E-state index is 13.5. The van der Waals surface area contributed by atoms with E-state index in [-0.39, 0.29) is 23.3 Å². The third kappa shape index (κ3) is 7.11. The van der Waals surface area contributed by atoms with Gasteiger partial charge in [0.25, 0.3) is 0 Å². The lowest BCUT2D eigenvalue weighted by Crippen LogP contribution is -2.22. The number of hydrogen-bond donors (Lipinski definition) is 2. The molecule has 0 aliphatic carbocycles. The largest absolute Gasteiger partial charge is 0.494 e. The van der Waals surface area contributed by atoms with Crippen molar-refractivity contribution < 1.29 is 23.5 Å². The number of anilines is 3. The Labute approximate surface area is 206 Å². The van der Waals surface area contributed by atoms with Gasteiger partial charge in [-0.3, -0.25) is 9.59 Å². The molecule has 1 amide bonds. The Morgan fingerprint density at radius 1 is 1.20 bits per heavy atom. The zero-order valence-electron chi connectivity index (χ0n) is 19.5. The zero-order valence-corrected chi connectivity index (χ0v) is 20.2. The minimum absolute atomic E-state index is 0.0225. The van der Waals surface area contributed by atoms with E-state index in [2.05, 4.69) is 25.3 Å². The number of nitrogens with one attached hydrogen (secondary N) is 2. The summed E-state index contributed by atoms with van der Waals surface area (Å²) in [6.07, 6.45) is 4.74. The van der Waals surface area contributed by atoms with Crippen molar-refractivity contribution >= 4 is 51.6 Å². The average molecular weight is 502 g/mol. The molecule has 11 heteroatoms. The van der Waals surface area contributed by atoms with Gasteiger partial charge in [-0.15, -0.1) is 0 Å². The van der Waals surface area contributed by atoms with Crippen LogP contribution < -0.4 is 15.4 Å². The minimum atomic E-state index is -0.526. The summed E-state index contributed by atoms with van der Waals surface area (Å²) in [5, 5.41) is 6.48. The number of hydrogen-bond acceptors (Lipinski definition) is 8. The van der Waals surface area contributed by atoms with E-state index < -0.39 is 5.82 Å². The highest BCUT2D eigenvalue weighted by Gasteiger charge is 2.13. The highest BCUT2D eigenvalue weighted by Crippen LogP contribution is 2.33. The number of carbonyl (C=O) groups excluding carboxylic acids is 2. The number of esters is 1. The van der Waals surface area contributed by atoms with Crippen molar-refractivity contribution in [1.82, 2.24) is 14.9 Å². The van der Waals surface area contributed by atoms with Crippen LogP contribution in [0.4, 0.5) is 21.6 Å². The molecule has 0 fully saturated rings. The van der Waals surface area contributed by atoms with E-state index in [0.29, 0.717) is 46.9 Å². The Bertz CT molecular complexity index is 1250. The normalized spacial score (nSPS) is 11.1. The van der Waals surface area contributed by atoms with Gasteiger partial charge in [0.15, 0.2) is 0 Å². The standard InChI is InChI=1S/C24H25ClFN5O4/c1-31(10-8-23(33)35-3)9-4-5-22(32)30-20-12-16-19(13-21(20)34-2)27-14-28-24(16)29-15-6-7-18(26)17(25)11-15/h4-7,11-14H,8-10H2,1-3H3,(H,30,32)(H,27,28,29)/b5-4+. The first-order valence-corrected chi connectivity index (χ1v) is 11.0. The monoisotopic (exact) mass is 501 g/mol. The molecule has 0 aliphatic rings. The lowest BCUT2D eigenvalue weighted by atomic mass is 10.1. The van der Waals surface area contributed by atoms with Crippen molar-refractivity contribution in [3.63, 3.8) is 0 Å². The number of nitrogens with zero attached hydrogens (tertiary/aromatic N) is 3. The van der Waals surface area contributed by atoms with Gasteiger partial charge in [-0.2, -0.15) is 0 Å². The van der Waals surface area contributed by atoms with Crippen LogP contribution in [-0.2, 0) is 14.3 Å². The molecule has 3 rings (SSSR count). The molecule has 0 radical (unpaired) electrons. The molecular formula is C24H25ClFN5O4. The van der Waals surface area contributed by atoms with Gasteiger partial charge in [0.05, 0.1) is 36.9 Å². The SMILES string of the molecule is COC(=O)CCN(C)C/C=C/C(=O)Nc1cc2c(Nc3ccc(F)c(Cl)c3)ncnc2cc1OC. The molecule has 35 heavy (non-hydrogen) atoms. The number of carbonyl (C=O) groups is 2. The summed E-state index contributed by atoms with van der Waals surface area (Å²) in [7, 11) is 4.67. The van der Waals surface area contributed by atoms with Crippen molar-refractivity contribution in [2.45, 2.75) is 6.42 Å². The highest BCUT2D eigenvalue weighted by molar-refractivity contribution is 6.31. The number of aromatic nitrogens is 2. The molecule has 2 N–H and O–H groups in total. The van der Waals surface area contributed by atoms with E-state index in [0.717, 1.165) is 0 Å². The second-order valence-corrected chi connectivity index (χ2v) is 7.93. The van der Waals surface area contributed by atoms with Gasteiger partial charge in [0, 0.05) is 36.3 Å². The fourth-order valence-corrected chi connectivity index (χ4v) is 3.33. The second-order valence-electron chi connectivity index (χ2n) is 7.53. The first-order valence-electron chi connectivity index (χ1n) is 10.6. The van der Waals surface area contributed by atoms with Gasteiger partial charge in [0.1, 0.15) is 23.7 Å². The molecule has 0 spiro atoms. The van der Waals surface area contributed by atoms with E-state index in [1.165, 1.54) is 44.8 Å². The van der Waals surface area contributed by atoms with E-state index in [9.17, 15) is 14.0 Å². The summed E-state index contributed by atoms with van der Waals surface area (Å²) in [6.45, 7) is 0.980. The van der Waals surface area contributed by atoms with E-state index in [1.807, 2.05) is 11.9 Å². The molecule has 0 bridgehead atoms. The Kier molecular flexibility index (Phi) is 8.93. The lowest BCUT2D eigenvalue weighted by Gasteiger charge is -2.14. The predicted octanol–water partition coefficient (Wildman–Crippen LogP) is 4.16. The molecule has 0 atom stereocenters. The second kappa shape index (κ2) is 12.1. The molecule has 3 aromatic rings. The third-order valence-electron chi connectivity index (χ3n) is 5.01. The van der Waals surface area contributed by atoms with Crippen molar-refractivity contribution in [2.75, 3.05) is 45.0 Å². The molecule has 9 nitrogen and oxygen atoms in total. The van der Waals surface area contributed by atoms with Crippen LogP contribution >= 0.6 is 11.6 Å². The number of benzene rings is 2. The quantitative estimate of drug-likeness (QED) is 0.315. The van der Waals surface area contributed by atoms with Crippen LogP contribution in [0, 0.1) is 5.82 Å². The van der Waals surface area contributed by atoms with Gasteiger partial charge in [-0.25, -0.2) is 14.4 Å². The average Bonchev–Trinajstić information content (AvgIpc) is 2.84. The summed E-state index contributed by atoms with van der Waals surface area (Å²) < 4.78 is 23.5. The summed E-state index contributed by atoms with van der Waals surface area (Å²) in [5.41, 5.74) is 1.54. The van der Waals surface area contributed by atoms with E-state index >= 15 is 0 Å². The van der Waals surface area contributed by atoms with Gasteiger partial charge >= 0.3 is 5.97 Å². The number of likely N-dealkylation sites (N-methyl/N-ethyl adjacent to an activating group) is 1. The van der Waals surface area contributed by atoms with E-state index in [1.54, 1.807) is 18.2 Å². The van der Waals surface area contributed by atoms with Crippen LogP contribution in [0.5, 0.6) is 5.75 Å². The van der Waals surface area contributed by atoms with Crippen LogP contribution in [-0.4, -0.2) is 61.1 Å². The Balaban J connectivity index is 1.76. The topological polar surface area (TPSA) is 106 Å². The highest BCUT2D eigenvalue weighted by atomic mass is 35.5. The van der Waals surface area contributed by atoms with Crippen molar-refractivity contribution in [3.05, 3.63) is 59.7 Å². The molecule has 1 aromatic heterocycles. The van der Waals surface area contributed by atoms with Crippen LogP contribution in [0.2, 0.25) is 5.02 Å². The minimum Gasteiger partial charge on any atom is -0.494 e. The van der Waals surface area contributed by atoms with Crippen LogP contribution in [0.1, 0.15) is 6.42 Å². The van der Waals surface area contributed by atoms with Crippen molar-refractivity contribution in [1.29, 1.82) is 0 Å². The Morgan fingerprint density at radius 3 is 2.71 bits per heavy atom. The van der Waals surface area contributed by atoms with Crippen LogP contribution in [0.15, 0.2) is 48.8 Å². The Hall–Kier alpha value is -3.76. The van der Waals surface area contributed by atoms with Gasteiger partial charge in [-0.1, -0.05) is 17.7 Å². The summed E-state index contributed by atoms with van der Waals surface area (Å²) in [6, 6.07) is 7.61. The summed E-state index contributed by atoms with van der Waals surface area (Å²) in [4.78, 5) is 34.2. The number of amides is 1. The number of fused-ring (bicyclic) bond motifs is 1. The molecule has 0 saturated carbocycles. The molecule has 0 unspecified atom stereocenters.